The van der Waals surface area contributed by atoms with Crippen LogP contribution < -0.4 is 11.1 Å². The summed E-state index contributed by atoms with van der Waals surface area (Å²) in [4.78, 5) is 17.3. The normalized spacial score (nSPS) is 33.8. The number of carbonyl (C=O) groups is 1. The number of piperazine rings is 1. The van der Waals surface area contributed by atoms with Gasteiger partial charge >= 0.3 is 0 Å². The molecule has 3 fully saturated rings. The molecule has 1 heterocycles. The molecule has 0 aromatic rings. The molecule has 1 aliphatic heterocycles. The number of halogens is 3. The Labute approximate surface area is 164 Å². The highest BCUT2D eigenvalue weighted by Crippen LogP contribution is 2.47. The Morgan fingerprint density at radius 3 is 2.25 bits per heavy atom. The fourth-order valence-electron chi connectivity index (χ4n) is 4.48. The third-order valence-corrected chi connectivity index (χ3v) is 6.02. The topological polar surface area (TPSA) is 61.6 Å². The van der Waals surface area contributed by atoms with Gasteiger partial charge in [-0.05, 0) is 45.1 Å². The molecule has 5 nitrogen and oxygen atoms in total. The van der Waals surface area contributed by atoms with Crippen LogP contribution >= 0.6 is 37.2 Å². The van der Waals surface area contributed by atoms with Crippen molar-refractivity contribution in [3.8, 4) is 0 Å². The maximum absolute atomic E-state index is 12.5. The molecule has 144 valence electrons. The van der Waals surface area contributed by atoms with Gasteiger partial charge in [0.15, 0.2) is 0 Å². The second-order valence-corrected chi connectivity index (χ2v) is 7.37. The van der Waals surface area contributed by atoms with Crippen molar-refractivity contribution < 1.29 is 4.79 Å². The number of rotatable bonds is 4. The molecule has 1 amide bonds. The average Bonchev–Trinajstić information content (AvgIpc) is 3.06. The highest BCUT2D eigenvalue weighted by molar-refractivity contribution is 5.86. The molecule has 3 rings (SSSR count). The molecule has 5 unspecified atom stereocenters. The Bertz CT molecular complexity index is 392. The van der Waals surface area contributed by atoms with E-state index in [0.29, 0.717) is 17.9 Å². The summed E-state index contributed by atoms with van der Waals surface area (Å²) in [7, 11) is 2.17. The van der Waals surface area contributed by atoms with Gasteiger partial charge < -0.3 is 16.0 Å². The second kappa shape index (κ2) is 10.4. The molecule has 1 saturated heterocycles. The lowest BCUT2D eigenvalue weighted by atomic mass is 9.84. The van der Waals surface area contributed by atoms with Crippen molar-refractivity contribution in [1.82, 2.24) is 15.1 Å². The summed E-state index contributed by atoms with van der Waals surface area (Å²) in [6.45, 7) is 7.41. The van der Waals surface area contributed by atoms with Crippen LogP contribution in [0.15, 0.2) is 0 Å². The smallest absolute Gasteiger partial charge is 0.225 e. The van der Waals surface area contributed by atoms with Crippen LogP contribution in [0.5, 0.6) is 0 Å². The minimum absolute atomic E-state index is 0. The van der Waals surface area contributed by atoms with E-state index in [9.17, 15) is 4.79 Å². The molecule has 0 radical (unpaired) electrons. The van der Waals surface area contributed by atoms with Crippen LogP contribution in [-0.4, -0.2) is 67.6 Å². The van der Waals surface area contributed by atoms with Crippen LogP contribution in [0, 0.1) is 17.8 Å². The number of amides is 1. The maximum Gasteiger partial charge on any atom is 0.225 e. The van der Waals surface area contributed by atoms with Gasteiger partial charge in [0, 0.05) is 44.8 Å². The lowest BCUT2D eigenvalue weighted by Gasteiger charge is -2.36. The van der Waals surface area contributed by atoms with Gasteiger partial charge in [-0.15, -0.1) is 37.2 Å². The summed E-state index contributed by atoms with van der Waals surface area (Å²) < 4.78 is 0. The number of hydrogen-bond acceptors (Lipinski definition) is 4. The molecule has 3 aliphatic rings. The zero-order valence-electron chi connectivity index (χ0n) is 14.6. The molecular formula is C16H33Cl3N4O. The number of nitrogens with two attached hydrogens (primary N) is 1. The van der Waals surface area contributed by atoms with Gasteiger partial charge in [0.25, 0.3) is 0 Å². The van der Waals surface area contributed by atoms with Gasteiger partial charge in [0.2, 0.25) is 5.91 Å². The molecule has 2 bridgehead atoms. The van der Waals surface area contributed by atoms with Crippen molar-refractivity contribution in [1.29, 1.82) is 0 Å². The van der Waals surface area contributed by atoms with E-state index in [2.05, 4.69) is 29.1 Å². The minimum Gasteiger partial charge on any atom is -0.354 e. The molecular weight excluding hydrogens is 371 g/mol. The minimum atomic E-state index is 0. The van der Waals surface area contributed by atoms with Crippen molar-refractivity contribution in [3.05, 3.63) is 0 Å². The summed E-state index contributed by atoms with van der Waals surface area (Å²) in [5, 5.41) is 3.17. The number of hydrogen-bond donors (Lipinski definition) is 2. The molecule has 24 heavy (non-hydrogen) atoms. The SMILES string of the molecule is CC(CNC(=O)C1C2CCC(C2)C1N)N1CCN(C)CC1.Cl.Cl.Cl. The van der Waals surface area contributed by atoms with E-state index in [0.717, 1.165) is 32.7 Å². The largest absolute Gasteiger partial charge is 0.354 e. The average molecular weight is 404 g/mol. The van der Waals surface area contributed by atoms with Crippen LogP contribution in [0.3, 0.4) is 0 Å². The van der Waals surface area contributed by atoms with Gasteiger partial charge in [-0.3, -0.25) is 9.69 Å². The Hall–Kier alpha value is 0.220. The third-order valence-electron chi connectivity index (χ3n) is 6.02. The van der Waals surface area contributed by atoms with Crippen molar-refractivity contribution in [3.63, 3.8) is 0 Å². The predicted molar refractivity (Wildman–Crippen MR) is 106 cm³/mol. The quantitative estimate of drug-likeness (QED) is 0.744. The number of carbonyl (C=O) groups excluding carboxylic acids is 1. The number of likely N-dealkylation sites (N-methyl/N-ethyl adjacent to an activating group) is 1. The Balaban J connectivity index is 0.00000176. The summed E-state index contributed by atoms with van der Waals surface area (Å²) in [5.74, 6) is 1.42. The number of nitrogens with one attached hydrogen (secondary N) is 1. The molecule has 0 spiro atoms. The van der Waals surface area contributed by atoms with Gasteiger partial charge in [-0.1, -0.05) is 0 Å². The van der Waals surface area contributed by atoms with E-state index < -0.39 is 0 Å². The highest BCUT2D eigenvalue weighted by atomic mass is 35.5. The van der Waals surface area contributed by atoms with E-state index in [1.54, 1.807) is 0 Å². The first-order chi connectivity index (χ1) is 10.1. The van der Waals surface area contributed by atoms with E-state index in [1.165, 1.54) is 19.3 Å². The molecule has 0 aromatic carbocycles. The fourth-order valence-corrected chi connectivity index (χ4v) is 4.48. The molecule has 3 N–H and O–H groups in total. The zero-order valence-corrected chi connectivity index (χ0v) is 17.1. The summed E-state index contributed by atoms with van der Waals surface area (Å²) >= 11 is 0. The number of fused-ring (bicyclic) bond motifs is 2. The first kappa shape index (κ1) is 24.2. The van der Waals surface area contributed by atoms with Crippen LogP contribution in [0.2, 0.25) is 0 Å². The molecule has 5 atom stereocenters. The Morgan fingerprint density at radius 2 is 1.71 bits per heavy atom. The van der Waals surface area contributed by atoms with Crippen LogP contribution in [0.4, 0.5) is 0 Å². The van der Waals surface area contributed by atoms with Crippen molar-refractivity contribution >= 4 is 43.1 Å². The summed E-state index contributed by atoms with van der Waals surface area (Å²) in [6, 6.07) is 0.514. The van der Waals surface area contributed by atoms with Gasteiger partial charge in [0.1, 0.15) is 0 Å². The van der Waals surface area contributed by atoms with Crippen LogP contribution in [-0.2, 0) is 4.79 Å². The van der Waals surface area contributed by atoms with Gasteiger partial charge in [-0.2, -0.15) is 0 Å². The van der Waals surface area contributed by atoms with Crippen LogP contribution in [0.25, 0.3) is 0 Å². The zero-order chi connectivity index (χ0) is 15.0. The Morgan fingerprint density at radius 1 is 1.12 bits per heavy atom. The first-order valence-corrected chi connectivity index (χ1v) is 8.52. The van der Waals surface area contributed by atoms with Crippen molar-refractivity contribution in [2.45, 2.75) is 38.3 Å². The van der Waals surface area contributed by atoms with Crippen molar-refractivity contribution in [2.75, 3.05) is 39.8 Å². The van der Waals surface area contributed by atoms with E-state index in [1.807, 2.05) is 0 Å². The summed E-state index contributed by atoms with van der Waals surface area (Å²) in [5.41, 5.74) is 6.25. The predicted octanol–water partition coefficient (Wildman–Crippen LogP) is 1.38. The maximum atomic E-state index is 12.5. The van der Waals surface area contributed by atoms with E-state index in [4.69, 9.17) is 5.73 Å². The molecule has 2 saturated carbocycles. The second-order valence-electron chi connectivity index (χ2n) is 7.37. The summed E-state index contributed by atoms with van der Waals surface area (Å²) in [6.07, 6.45) is 3.60. The monoisotopic (exact) mass is 402 g/mol. The molecule has 2 aliphatic carbocycles. The van der Waals surface area contributed by atoms with Crippen LogP contribution in [0.1, 0.15) is 26.2 Å². The lowest BCUT2D eigenvalue weighted by Crippen LogP contribution is -2.53. The van der Waals surface area contributed by atoms with Gasteiger partial charge in [-0.25, -0.2) is 0 Å². The highest BCUT2D eigenvalue weighted by Gasteiger charge is 2.49. The van der Waals surface area contributed by atoms with E-state index >= 15 is 0 Å². The van der Waals surface area contributed by atoms with E-state index in [-0.39, 0.29) is 55.1 Å². The number of nitrogens with zero attached hydrogens (tertiary/aromatic N) is 2. The molecule has 0 aromatic heterocycles. The lowest BCUT2D eigenvalue weighted by molar-refractivity contribution is -0.127. The third kappa shape index (κ3) is 5.12. The first-order valence-electron chi connectivity index (χ1n) is 8.52. The van der Waals surface area contributed by atoms with Gasteiger partial charge in [0.05, 0.1) is 5.92 Å². The Kier molecular flexibility index (Phi) is 10.5. The fraction of sp³-hybridized carbons (Fsp3) is 0.938. The standard InChI is InChI=1S/C16H30N4O.3ClH/c1-11(20-7-5-19(2)6-8-20)10-18-16(21)14-12-3-4-13(9-12)15(14)17;;;/h11-15H,3-10,17H2,1-2H3,(H,18,21);3*1H. The molecule has 8 heteroatoms. The van der Waals surface area contributed by atoms with Crippen molar-refractivity contribution in [2.24, 2.45) is 23.5 Å².